The monoisotopic (exact) mass is 785 g/mol. The summed E-state index contributed by atoms with van der Waals surface area (Å²) in [6.07, 6.45) is -5.51. The maximum absolute atomic E-state index is 14.0. The van der Waals surface area contributed by atoms with Crippen LogP contribution in [0.25, 0.3) is 34.1 Å². The highest BCUT2D eigenvalue weighted by molar-refractivity contribution is 6.36. The predicted octanol–water partition coefficient (Wildman–Crippen LogP) is 13.4. The number of carbonyl (C=O) groups excluding carboxylic acids is 2. The highest BCUT2D eigenvalue weighted by Gasteiger charge is 2.36. The van der Waals surface area contributed by atoms with Crippen molar-refractivity contribution in [3.63, 3.8) is 0 Å². The van der Waals surface area contributed by atoms with Gasteiger partial charge in [0, 0.05) is 22.1 Å². The number of benzene rings is 7. The molecular formula is C47H29F6NO4. The molecule has 1 heterocycles. The van der Waals surface area contributed by atoms with E-state index >= 15 is 0 Å². The molecule has 0 fully saturated rings. The average Bonchev–Trinajstić information content (AvgIpc) is 3.20. The van der Waals surface area contributed by atoms with E-state index in [1.807, 2.05) is 54.6 Å². The lowest BCUT2D eigenvalue weighted by atomic mass is 9.90. The van der Waals surface area contributed by atoms with Crippen molar-refractivity contribution >= 4 is 40.4 Å². The van der Waals surface area contributed by atoms with Gasteiger partial charge in [0.05, 0.1) is 16.8 Å². The van der Waals surface area contributed by atoms with Gasteiger partial charge < -0.3 is 9.47 Å². The molecule has 2 amide bonds. The van der Waals surface area contributed by atoms with Crippen LogP contribution in [0, 0.1) is 6.92 Å². The van der Waals surface area contributed by atoms with Gasteiger partial charge in [-0.05, 0) is 107 Å². The zero-order chi connectivity index (χ0) is 40.8. The minimum absolute atomic E-state index is 0.0599. The molecule has 7 aromatic rings. The molecule has 0 atom stereocenters. The fraction of sp³-hybridized carbons (Fsp3) is 0.0638. The number of imide groups is 1. The van der Waals surface area contributed by atoms with E-state index in [0.717, 1.165) is 45.7 Å². The van der Waals surface area contributed by atoms with Crippen molar-refractivity contribution in [2.24, 2.45) is 0 Å². The number of hydrogen-bond donors (Lipinski definition) is 0. The van der Waals surface area contributed by atoms with Gasteiger partial charge in [-0.15, -0.1) is 0 Å². The van der Waals surface area contributed by atoms with Gasteiger partial charge in [-0.3, -0.25) is 9.59 Å². The second kappa shape index (κ2) is 14.7. The Balaban J connectivity index is 1.12. The third kappa shape index (κ3) is 7.30. The van der Waals surface area contributed by atoms with Crippen LogP contribution in [-0.4, -0.2) is 11.8 Å². The summed E-state index contributed by atoms with van der Waals surface area (Å²) in [7, 11) is 0. The Kier molecular flexibility index (Phi) is 9.60. The number of amides is 2. The minimum Gasteiger partial charge on any atom is -0.457 e. The molecule has 58 heavy (non-hydrogen) atoms. The van der Waals surface area contributed by atoms with E-state index in [2.05, 4.69) is 0 Å². The lowest BCUT2D eigenvalue weighted by molar-refractivity contribution is -0.139. The SMILES string of the molecule is Cc1cc(N2C(=O)c3cccc4c(C=Cc5ccccc5)ccc(c34)C2=O)ccc1Oc1ccc(Oc2ccccc2C(F)(F)F)cc1-c1cccc(C(F)(F)F)c1. The Hall–Kier alpha value is -7.14. The van der Waals surface area contributed by atoms with Gasteiger partial charge in [0.15, 0.2) is 0 Å². The lowest BCUT2D eigenvalue weighted by Crippen LogP contribution is -2.40. The van der Waals surface area contributed by atoms with E-state index in [1.54, 1.807) is 31.2 Å². The van der Waals surface area contributed by atoms with Crippen LogP contribution in [0.15, 0.2) is 146 Å². The van der Waals surface area contributed by atoms with Crippen LogP contribution in [0.4, 0.5) is 32.0 Å². The van der Waals surface area contributed by atoms with Crippen molar-refractivity contribution in [2.45, 2.75) is 19.3 Å². The van der Waals surface area contributed by atoms with Crippen molar-refractivity contribution < 1.29 is 45.4 Å². The zero-order valence-electron chi connectivity index (χ0n) is 30.4. The van der Waals surface area contributed by atoms with Crippen molar-refractivity contribution in [3.05, 3.63) is 185 Å². The molecule has 0 N–H and O–H groups in total. The molecule has 0 spiro atoms. The lowest BCUT2D eigenvalue weighted by Gasteiger charge is -2.28. The third-order valence-corrected chi connectivity index (χ3v) is 9.71. The maximum Gasteiger partial charge on any atom is 0.419 e. The first-order valence-corrected chi connectivity index (χ1v) is 17.9. The van der Waals surface area contributed by atoms with Crippen LogP contribution >= 0.6 is 0 Å². The molecule has 1 aliphatic heterocycles. The van der Waals surface area contributed by atoms with Gasteiger partial charge in [-0.1, -0.05) is 84.9 Å². The first-order chi connectivity index (χ1) is 27.8. The summed E-state index contributed by atoms with van der Waals surface area (Å²) < 4.78 is 94.5. The second-order valence-corrected chi connectivity index (χ2v) is 13.5. The molecule has 0 radical (unpaired) electrons. The van der Waals surface area contributed by atoms with E-state index in [4.69, 9.17) is 9.47 Å². The number of para-hydroxylation sites is 1. The average molecular weight is 786 g/mol. The summed E-state index contributed by atoms with van der Waals surface area (Å²) >= 11 is 0. The summed E-state index contributed by atoms with van der Waals surface area (Å²) in [5.74, 6) is -1.31. The molecule has 0 aromatic heterocycles. The quantitative estimate of drug-likeness (QED) is 0.0875. The van der Waals surface area contributed by atoms with E-state index in [1.165, 1.54) is 54.6 Å². The van der Waals surface area contributed by atoms with Crippen LogP contribution in [0.2, 0.25) is 0 Å². The minimum atomic E-state index is -4.73. The summed E-state index contributed by atoms with van der Waals surface area (Å²) in [6, 6.07) is 36.2. The number of anilines is 1. The fourth-order valence-corrected chi connectivity index (χ4v) is 6.92. The second-order valence-electron chi connectivity index (χ2n) is 13.5. The number of hydrogen-bond acceptors (Lipinski definition) is 4. The van der Waals surface area contributed by atoms with Gasteiger partial charge in [0.1, 0.15) is 23.0 Å². The molecule has 0 bridgehead atoms. The van der Waals surface area contributed by atoms with E-state index in [0.29, 0.717) is 22.1 Å². The summed E-state index contributed by atoms with van der Waals surface area (Å²) in [5, 5.41) is 1.30. The molecule has 5 nitrogen and oxygen atoms in total. The maximum atomic E-state index is 14.0. The first-order valence-electron chi connectivity index (χ1n) is 17.9. The Morgan fingerprint density at radius 3 is 2.00 bits per heavy atom. The summed E-state index contributed by atoms with van der Waals surface area (Å²) in [5.41, 5.74) is 1.46. The molecule has 0 saturated heterocycles. The van der Waals surface area contributed by atoms with Crippen molar-refractivity contribution in [3.8, 4) is 34.1 Å². The molecule has 0 saturated carbocycles. The molecule has 0 unspecified atom stereocenters. The number of ether oxygens (including phenoxy) is 2. The van der Waals surface area contributed by atoms with E-state index < -0.39 is 41.0 Å². The molecule has 11 heteroatoms. The van der Waals surface area contributed by atoms with Crippen LogP contribution in [0.5, 0.6) is 23.0 Å². The molecule has 7 aromatic carbocycles. The third-order valence-electron chi connectivity index (χ3n) is 9.71. The molecule has 8 rings (SSSR count). The highest BCUT2D eigenvalue weighted by atomic mass is 19.4. The van der Waals surface area contributed by atoms with Gasteiger partial charge in [0.25, 0.3) is 11.8 Å². The summed E-state index contributed by atoms with van der Waals surface area (Å²) in [6.45, 7) is 1.67. The predicted molar refractivity (Wildman–Crippen MR) is 210 cm³/mol. The summed E-state index contributed by atoms with van der Waals surface area (Å²) in [4.78, 5) is 29.2. The Bertz CT molecular complexity index is 2750. The number of rotatable bonds is 8. The van der Waals surface area contributed by atoms with Crippen LogP contribution < -0.4 is 14.4 Å². The van der Waals surface area contributed by atoms with Gasteiger partial charge in [-0.25, -0.2) is 4.90 Å². The standard InChI is InChI=1S/C47H29F6NO4/c1-28-25-33(54-44(55)36-14-8-13-35-30(18-17-29-9-3-2-4-10-29)19-22-37(43(35)36)45(54)56)20-23-40(28)58-41-24-21-34(57-42-16-6-5-15-39(42)47(51,52)53)27-38(41)31-11-7-12-32(26-31)46(48,49)50/h2-27H,1H3. The smallest absolute Gasteiger partial charge is 0.419 e. The van der Waals surface area contributed by atoms with Crippen LogP contribution in [-0.2, 0) is 12.4 Å². The molecule has 1 aliphatic rings. The Morgan fingerprint density at radius 2 is 1.26 bits per heavy atom. The van der Waals surface area contributed by atoms with Crippen molar-refractivity contribution in [1.82, 2.24) is 0 Å². The Morgan fingerprint density at radius 1 is 0.552 bits per heavy atom. The van der Waals surface area contributed by atoms with Crippen LogP contribution in [0.3, 0.4) is 0 Å². The topological polar surface area (TPSA) is 55.8 Å². The Labute approximate surface area is 328 Å². The number of aryl methyl sites for hydroxylation is 1. The number of alkyl halides is 6. The van der Waals surface area contributed by atoms with Crippen molar-refractivity contribution in [2.75, 3.05) is 4.90 Å². The molecule has 0 aliphatic carbocycles. The number of nitrogens with zero attached hydrogens (tertiary/aromatic N) is 1. The van der Waals surface area contributed by atoms with E-state index in [9.17, 15) is 35.9 Å². The first kappa shape index (κ1) is 37.8. The number of carbonyl (C=O) groups is 2. The zero-order valence-corrected chi connectivity index (χ0v) is 30.4. The normalized spacial score (nSPS) is 13.1. The largest absolute Gasteiger partial charge is 0.457 e. The van der Waals surface area contributed by atoms with Gasteiger partial charge in [-0.2, -0.15) is 26.3 Å². The highest BCUT2D eigenvalue weighted by Crippen LogP contribution is 2.43. The van der Waals surface area contributed by atoms with Gasteiger partial charge in [0.2, 0.25) is 0 Å². The van der Waals surface area contributed by atoms with Crippen molar-refractivity contribution in [1.29, 1.82) is 0 Å². The molecular weight excluding hydrogens is 757 g/mol. The number of halogens is 6. The molecule has 288 valence electrons. The van der Waals surface area contributed by atoms with Gasteiger partial charge >= 0.3 is 12.4 Å². The van der Waals surface area contributed by atoms with E-state index in [-0.39, 0.29) is 34.1 Å². The van der Waals surface area contributed by atoms with Crippen LogP contribution in [0.1, 0.15) is 48.5 Å². The fourth-order valence-electron chi connectivity index (χ4n) is 6.92.